The molecule has 9 heavy (non-hydrogen) atoms. The first kappa shape index (κ1) is 11.4. The second kappa shape index (κ2) is 5.77. The molecule has 1 atom stereocenters. The lowest BCUT2D eigenvalue weighted by atomic mass is 10.4. The Morgan fingerprint density at radius 2 is 2.00 bits per heavy atom. The molecule has 3 heteroatoms. The molecule has 0 saturated carbocycles. The summed E-state index contributed by atoms with van der Waals surface area (Å²) < 4.78 is 0. The van der Waals surface area contributed by atoms with E-state index in [1.807, 2.05) is 0 Å². The molecule has 0 bridgehead atoms. The summed E-state index contributed by atoms with van der Waals surface area (Å²) in [5.41, 5.74) is 0.398. The normalized spacial score (nSPS) is 11.9. The Kier molecular flexibility index (Phi) is 7.33. The van der Waals surface area contributed by atoms with Gasteiger partial charge in [0.1, 0.15) is 0 Å². The van der Waals surface area contributed by atoms with E-state index < -0.39 is 8.80 Å². The summed E-state index contributed by atoms with van der Waals surface area (Å²) >= 11 is 0. The fraction of sp³-hybridized carbons (Fsp3) is 0.833. The summed E-state index contributed by atoms with van der Waals surface area (Å²) in [7, 11) is -0.647. The molecular weight excluding hydrogens is 133 g/mol. The van der Waals surface area contributed by atoms with Crippen LogP contribution in [0, 0.1) is 11.3 Å². The average molecular weight is 147 g/mol. The third-order valence-corrected chi connectivity index (χ3v) is 3.64. The van der Waals surface area contributed by atoms with Gasteiger partial charge in [-0.05, 0) is 6.42 Å². The molecule has 0 saturated heterocycles. The Bertz CT molecular complexity index is 97.7. The van der Waals surface area contributed by atoms with Gasteiger partial charge in [-0.1, -0.05) is 20.0 Å². The summed E-state index contributed by atoms with van der Waals surface area (Å²) in [5.74, 6) is 0. The van der Waals surface area contributed by atoms with E-state index in [1.54, 1.807) is 0 Å². The molecule has 0 radical (unpaired) electrons. The lowest BCUT2D eigenvalue weighted by Gasteiger charge is -2.05. The maximum Gasteiger partial charge on any atom is 0.0620 e. The standard InChI is InChI=1S/C6H13NSi.FH/c1-4-6(5-7)8(2)3;/h6,8H,4H2,1-3H3;1H. The van der Waals surface area contributed by atoms with Gasteiger partial charge in [-0.15, -0.1) is 0 Å². The minimum absolute atomic E-state index is 0. The van der Waals surface area contributed by atoms with Gasteiger partial charge in [0.2, 0.25) is 0 Å². The van der Waals surface area contributed by atoms with Crippen LogP contribution >= 0.6 is 0 Å². The van der Waals surface area contributed by atoms with E-state index in [0.29, 0.717) is 5.54 Å². The van der Waals surface area contributed by atoms with Crippen molar-refractivity contribution in [3.8, 4) is 6.07 Å². The van der Waals surface area contributed by atoms with Crippen molar-refractivity contribution >= 4 is 8.80 Å². The lowest BCUT2D eigenvalue weighted by Crippen LogP contribution is -2.08. The zero-order chi connectivity index (χ0) is 6.57. The fourth-order valence-corrected chi connectivity index (χ4v) is 1.95. The minimum atomic E-state index is -0.647. The monoisotopic (exact) mass is 147 g/mol. The molecular formula is C6H14FNSi. The molecule has 0 spiro atoms. The molecule has 1 nitrogen and oxygen atoms in total. The van der Waals surface area contributed by atoms with Crippen molar-refractivity contribution in [3.05, 3.63) is 0 Å². The third kappa shape index (κ3) is 4.16. The molecule has 0 aliphatic carbocycles. The van der Waals surface area contributed by atoms with Gasteiger partial charge in [0, 0.05) is 5.54 Å². The van der Waals surface area contributed by atoms with E-state index in [4.69, 9.17) is 5.26 Å². The predicted molar refractivity (Wildman–Crippen MR) is 41.0 cm³/mol. The number of rotatable bonds is 2. The molecule has 0 fully saturated rings. The topological polar surface area (TPSA) is 23.8 Å². The van der Waals surface area contributed by atoms with Gasteiger partial charge in [-0.2, -0.15) is 5.26 Å². The molecule has 0 aromatic rings. The van der Waals surface area contributed by atoms with E-state index >= 15 is 0 Å². The van der Waals surface area contributed by atoms with Crippen LogP contribution in [-0.2, 0) is 0 Å². The van der Waals surface area contributed by atoms with Crippen molar-refractivity contribution in [2.45, 2.75) is 32.0 Å². The summed E-state index contributed by atoms with van der Waals surface area (Å²) in [4.78, 5) is 0. The van der Waals surface area contributed by atoms with Crippen LogP contribution in [0.25, 0.3) is 0 Å². The van der Waals surface area contributed by atoms with E-state index in [2.05, 4.69) is 26.1 Å². The Balaban J connectivity index is 0. The number of hydrogen-bond donors (Lipinski definition) is 0. The van der Waals surface area contributed by atoms with Crippen molar-refractivity contribution < 1.29 is 4.70 Å². The van der Waals surface area contributed by atoms with E-state index in [-0.39, 0.29) is 4.70 Å². The van der Waals surface area contributed by atoms with Crippen LogP contribution in [0.1, 0.15) is 13.3 Å². The number of halogens is 1. The van der Waals surface area contributed by atoms with Gasteiger partial charge >= 0.3 is 0 Å². The molecule has 0 amide bonds. The first-order chi connectivity index (χ1) is 3.72. The summed E-state index contributed by atoms with van der Waals surface area (Å²) in [5, 5.41) is 8.48. The van der Waals surface area contributed by atoms with Crippen LogP contribution in [0.15, 0.2) is 0 Å². The number of nitriles is 1. The molecule has 0 aromatic carbocycles. The Labute approximate surface area is 57.7 Å². The van der Waals surface area contributed by atoms with Crippen LogP contribution < -0.4 is 0 Å². The SMILES string of the molecule is CCC(C#N)[SiH](C)C.F. The van der Waals surface area contributed by atoms with E-state index in [9.17, 15) is 0 Å². The second-order valence-electron chi connectivity index (χ2n) is 2.39. The van der Waals surface area contributed by atoms with Crippen molar-refractivity contribution in [2.24, 2.45) is 0 Å². The molecule has 0 N–H and O–H groups in total. The zero-order valence-electron chi connectivity index (χ0n) is 6.22. The minimum Gasteiger partial charge on any atom is -0.269 e. The maximum atomic E-state index is 8.48. The third-order valence-electron chi connectivity index (χ3n) is 1.41. The highest BCUT2D eigenvalue weighted by Gasteiger charge is 2.08. The smallest absolute Gasteiger partial charge is 0.0620 e. The number of hydrogen-bond acceptors (Lipinski definition) is 1. The summed E-state index contributed by atoms with van der Waals surface area (Å²) in [6.45, 7) is 6.52. The van der Waals surface area contributed by atoms with Crippen LogP contribution in [0.2, 0.25) is 18.6 Å². The van der Waals surface area contributed by atoms with E-state index in [0.717, 1.165) is 6.42 Å². The van der Waals surface area contributed by atoms with Crippen LogP contribution in [-0.4, -0.2) is 8.80 Å². The van der Waals surface area contributed by atoms with Gasteiger partial charge in [0.25, 0.3) is 0 Å². The van der Waals surface area contributed by atoms with Crippen LogP contribution in [0.5, 0.6) is 0 Å². The van der Waals surface area contributed by atoms with Crippen LogP contribution in [0.4, 0.5) is 4.70 Å². The van der Waals surface area contributed by atoms with Crippen LogP contribution in [0.3, 0.4) is 0 Å². The highest BCUT2D eigenvalue weighted by Crippen LogP contribution is 2.11. The molecule has 0 aliphatic rings. The largest absolute Gasteiger partial charge is 0.269 e. The predicted octanol–water partition coefficient (Wildman–Crippen LogP) is 1.93. The number of nitrogens with zero attached hydrogens (tertiary/aromatic N) is 1. The van der Waals surface area contributed by atoms with Gasteiger partial charge in [0.15, 0.2) is 0 Å². The molecule has 0 aromatic heterocycles. The molecule has 0 rings (SSSR count). The Morgan fingerprint density at radius 3 is 2.00 bits per heavy atom. The van der Waals surface area contributed by atoms with Gasteiger partial charge < -0.3 is 0 Å². The van der Waals surface area contributed by atoms with Gasteiger partial charge in [-0.3, -0.25) is 4.70 Å². The quantitative estimate of drug-likeness (QED) is 0.547. The highest BCUT2D eigenvalue weighted by molar-refractivity contribution is 6.58. The molecule has 0 heterocycles. The second-order valence-corrected chi connectivity index (χ2v) is 5.68. The fourth-order valence-electron chi connectivity index (χ4n) is 0.712. The van der Waals surface area contributed by atoms with Crippen molar-refractivity contribution in [1.82, 2.24) is 0 Å². The summed E-state index contributed by atoms with van der Waals surface area (Å²) in [6.07, 6.45) is 1.04. The average Bonchev–Trinajstić information content (AvgIpc) is 1.69. The van der Waals surface area contributed by atoms with Gasteiger partial charge in [0.05, 0.1) is 14.9 Å². The van der Waals surface area contributed by atoms with Crippen molar-refractivity contribution in [1.29, 1.82) is 5.26 Å². The molecule has 54 valence electrons. The summed E-state index contributed by atoms with van der Waals surface area (Å²) in [6, 6.07) is 2.31. The van der Waals surface area contributed by atoms with E-state index in [1.165, 1.54) is 0 Å². The Morgan fingerprint density at radius 1 is 1.56 bits per heavy atom. The van der Waals surface area contributed by atoms with Crippen molar-refractivity contribution in [2.75, 3.05) is 0 Å². The highest BCUT2D eigenvalue weighted by atomic mass is 28.3. The van der Waals surface area contributed by atoms with Crippen molar-refractivity contribution in [3.63, 3.8) is 0 Å². The maximum absolute atomic E-state index is 8.48. The molecule has 1 unspecified atom stereocenters. The lowest BCUT2D eigenvalue weighted by molar-refractivity contribution is 0.941. The first-order valence-electron chi connectivity index (χ1n) is 3.12. The van der Waals surface area contributed by atoms with Gasteiger partial charge in [-0.25, -0.2) is 0 Å². The first-order valence-corrected chi connectivity index (χ1v) is 6.09. The zero-order valence-corrected chi connectivity index (χ0v) is 7.37. The Hall–Kier alpha value is -0.363. The molecule has 0 aliphatic heterocycles.